The van der Waals surface area contributed by atoms with Crippen molar-refractivity contribution in [2.24, 2.45) is 0 Å². The first-order chi connectivity index (χ1) is 9.49. The number of hydrogen-bond acceptors (Lipinski definition) is 1. The van der Waals surface area contributed by atoms with Gasteiger partial charge >= 0.3 is 0 Å². The van der Waals surface area contributed by atoms with Gasteiger partial charge < -0.3 is 4.90 Å². The zero-order valence-corrected chi connectivity index (χ0v) is 12.1. The molecule has 0 aliphatic rings. The molecule has 0 fully saturated rings. The average molecular weight is 292 g/mol. The first-order valence-corrected chi connectivity index (χ1v) is 6.62. The molecule has 2 aromatic carbocycles. The predicted octanol–water partition coefficient (Wildman–Crippen LogP) is 4.06. The summed E-state index contributed by atoms with van der Waals surface area (Å²) in [7, 11) is 1.67. The van der Waals surface area contributed by atoms with Crippen molar-refractivity contribution >= 4 is 17.5 Å². The summed E-state index contributed by atoms with van der Waals surface area (Å²) >= 11 is 6.15. The molecule has 4 heteroatoms. The van der Waals surface area contributed by atoms with Crippen LogP contribution in [0.5, 0.6) is 0 Å². The Morgan fingerprint density at radius 1 is 1.25 bits per heavy atom. The second-order valence-electron chi connectivity index (χ2n) is 4.73. The molecule has 20 heavy (non-hydrogen) atoms. The van der Waals surface area contributed by atoms with Gasteiger partial charge in [-0.25, -0.2) is 4.39 Å². The van der Waals surface area contributed by atoms with Crippen LogP contribution in [0.4, 0.5) is 4.39 Å². The fraction of sp³-hybridized carbons (Fsp3) is 0.188. The van der Waals surface area contributed by atoms with Gasteiger partial charge in [0.15, 0.2) is 0 Å². The Labute approximate surface area is 122 Å². The topological polar surface area (TPSA) is 20.3 Å². The fourth-order valence-corrected chi connectivity index (χ4v) is 2.21. The zero-order chi connectivity index (χ0) is 14.7. The molecule has 0 aromatic heterocycles. The summed E-state index contributed by atoms with van der Waals surface area (Å²) in [6, 6.07) is 11.5. The molecule has 0 aliphatic carbocycles. The van der Waals surface area contributed by atoms with E-state index in [-0.39, 0.29) is 11.7 Å². The van der Waals surface area contributed by atoms with Gasteiger partial charge in [-0.15, -0.1) is 0 Å². The first kappa shape index (κ1) is 14.5. The normalized spacial score (nSPS) is 10.4. The summed E-state index contributed by atoms with van der Waals surface area (Å²) in [4.78, 5) is 13.9. The zero-order valence-electron chi connectivity index (χ0n) is 11.4. The van der Waals surface area contributed by atoms with Crippen molar-refractivity contribution in [2.45, 2.75) is 13.5 Å². The smallest absolute Gasteiger partial charge is 0.255 e. The Bertz CT molecular complexity index is 642. The third kappa shape index (κ3) is 3.17. The minimum Gasteiger partial charge on any atom is -0.337 e. The lowest BCUT2D eigenvalue weighted by molar-refractivity contribution is 0.0785. The molecular weight excluding hydrogens is 277 g/mol. The summed E-state index contributed by atoms with van der Waals surface area (Å²) in [5.41, 5.74) is 2.06. The Balaban J connectivity index is 2.19. The van der Waals surface area contributed by atoms with Crippen LogP contribution in [-0.2, 0) is 6.54 Å². The molecule has 0 radical (unpaired) electrons. The molecule has 0 aliphatic heterocycles. The van der Waals surface area contributed by atoms with E-state index in [9.17, 15) is 9.18 Å². The second kappa shape index (κ2) is 6.06. The van der Waals surface area contributed by atoms with E-state index in [1.54, 1.807) is 31.3 Å². The molecule has 0 atom stereocenters. The van der Waals surface area contributed by atoms with E-state index < -0.39 is 0 Å². The van der Waals surface area contributed by atoms with Gasteiger partial charge in [0, 0.05) is 13.6 Å². The van der Waals surface area contributed by atoms with Crippen LogP contribution in [0.1, 0.15) is 21.5 Å². The molecule has 2 rings (SSSR count). The van der Waals surface area contributed by atoms with E-state index in [4.69, 9.17) is 11.6 Å². The van der Waals surface area contributed by atoms with E-state index in [1.807, 2.05) is 13.0 Å². The third-order valence-corrected chi connectivity index (χ3v) is 3.58. The molecule has 0 saturated heterocycles. The highest BCUT2D eigenvalue weighted by Crippen LogP contribution is 2.22. The highest BCUT2D eigenvalue weighted by molar-refractivity contribution is 6.34. The van der Waals surface area contributed by atoms with E-state index in [1.165, 1.54) is 17.0 Å². The predicted molar refractivity (Wildman–Crippen MR) is 78.4 cm³/mol. The number of rotatable bonds is 3. The van der Waals surface area contributed by atoms with Gasteiger partial charge in [-0.05, 0) is 36.2 Å². The van der Waals surface area contributed by atoms with Crippen molar-refractivity contribution in [2.75, 3.05) is 7.05 Å². The van der Waals surface area contributed by atoms with E-state index in [0.717, 1.165) is 11.1 Å². The third-order valence-electron chi connectivity index (χ3n) is 3.08. The molecule has 2 nitrogen and oxygen atoms in total. The van der Waals surface area contributed by atoms with Crippen molar-refractivity contribution in [3.8, 4) is 0 Å². The van der Waals surface area contributed by atoms with Crippen LogP contribution in [0, 0.1) is 12.7 Å². The number of nitrogens with zero attached hydrogens (tertiary/aromatic N) is 1. The molecule has 0 bridgehead atoms. The number of hydrogen-bond donors (Lipinski definition) is 0. The Kier molecular flexibility index (Phi) is 4.40. The minimum atomic E-state index is -0.308. The SMILES string of the molecule is Cc1cccc(C(=O)N(C)Cc2cccc(F)c2)c1Cl. The Morgan fingerprint density at radius 3 is 2.65 bits per heavy atom. The lowest BCUT2D eigenvalue weighted by Gasteiger charge is -2.18. The molecule has 0 spiro atoms. The number of amides is 1. The van der Waals surface area contributed by atoms with Crippen LogP contribution in [0.15, 0.2) is 42.5 Å². The van der Waals surface area contributed by atoms with Gasteiger partial charge in [-0.2, -0.15) is 0 Å². The molecule has 0 N–H and O–H groups in total. The van der Waals surface area contributed by atoms with E-state index in [2.05, 4.69) is 0 Å². The average Bonchev–Trinajstić information content (AvgIpc) is 2.41. The second-order valence-corrected chi connectivity index (χ2v) is 5.11. The van der Waals surface area contributed by atoms with Crippen LogP contribution in [0.2, 0.25) is 5.02 Å². The lowest BCUT2D eigenvalue weighted by atomic mass is 10.1. The van der Waals surface area contributed by atoms with Gasteiger partial charge in [0.05, 0.1) is 10.6 Å². The molecule has 0 saturated carbocycles. The lowest BCUT2D eigenvalue weighted by Crippen LogP contribution is -2.26. The van der Waals surface area contributed by atoms with Crippen molar-refractivity contribution < 1.29 is 9.18 Å². The molecule has 0 unspecified atom stereocenters. The fourth-order valence-electron chi connectivity index (χ4n) is 2.00. The number of halogens is 2. The quantitative estimate of drug-likeness (QED) is 0.835. The number of carbonyl (C=O) groups is 1. The molecule has 0 heterocycles. The number of carbonyl (C=O) groups excluding carboxylic acids is 1. The monoisotopic (exact) mass is 291 g/mol. The highest BCUT2D eigenvalue weighted by Gasteiger charge is 2.16. The summed E-state index contributed by atoms with van der Waals surface area (Å²) in [5.74, 6) is -0.486. The van der Waals surface area contributed by atoms with Crippen LogP contribution in [-0.4, -0.2) is 17.9 Å². The summed E-state index contributed by atoms with van der Waals surface area (Å²) < 4.78 is 13.1. The minimum absolute atomic E-state index is 0.178. The molecular formula is C16H15ClFNO. The summed E-state index contributed by atoms with van der Waals surface area (Å²) in [6.07, 6.45) is 0. The number of aryl methyl sites for hydroxylation is 1. The van der Waals surface area contributed by atoms with Gasteiger partial charge in [-0.1, -0.05) is 35.9 Å². The molecule has 104 valence electrons. The standard InChI is InChI=1S/C16H15ClFNO/c1-11-5-3-8-14(15(11)17)16(20)19(2)10-12-6-4-7-13(18)9-12/h3-9H,10H2,1-2H3. The van der Waals surface area contributed by atoms with Gasteiger partial charge in [0.1, 0.15) is 5.82 Å². The van der Waals surface area contributed by atoms with Crippen molar-refractivity contribution in [3.05, 3.63) is 70.0 Å². The maximum atomic E-state index is 13.1. The van der Waals surface area contributed by atoms with Crippen LogP contribution in [0.25, 0.3) is 0 Å². The maximum Gasteiger partial charge on any atom is 0.255 e. The number of benzene rings is 2. The van der Waals surface area contributed by atoms with Gasteiger partial charge in [0.2, 0.25) is 0 Å². The van der Waals surface area contributed by atoms with Crippen LogP contribution >= 0.6 is 11.6 Å². The molecule has 1 amide bonds. The first-order valence-electron chi connectivity index (χ1n) is 6.24. The van der Waals surface area contributed by atoms with Crippen LogP contribution in [0.3, 0.4) is 0 Å². The summed E-state index contributed by atoms with van der Waals surface area (Å²) in [5, 5.41) is 0.462. The Hall–Kier alpha value is -1.87. The highest BCUT2D eigenvalue weighted by atomic mass is 35.5. The summed E-state index contributed by atoms with van der Waals surface area (Å²) in [6.45, 7) is 2.19. The van der Waals surface area contributed by atoms with E-state index in [0.29, 0.717) is 17.1 Å². The molecule has 2 aromatic rings. The Morgan fingerprint density at radius 2 is 1.95 bits per heavy atom. The van der Waals surface area contributed by atoms with Crippen molar-refractivity contribution in [1.29, 1.82) is 0 Å². The van der Waals surface area contributed by atoms with Crippen molar-refractivity contribution in [3.63, 3.8) is 0 Å². The van der Waals surface area contributed by atoms with Gasteiger partial charge in [0.25, 0.3) is 5.91 Å². The van der Waals surface area contributed by atoms with E-state index >= 15 is 0 Å². The van der Waals surface area contributed by atoms with Crippen LogP contribution < -0.4 is 0 Å². The van der Waals surface area contributed by atoms with Crippen molar-refractivity contribution in [1.82, 2.24) is 4.90 Å². The largest absolute Gasteiger partial charge is 0.337 e. The van der Waals surface area contributed by atoms with Gasteiger partial charge in [-0.3, -0.25) is 4.79 Å². The maximum absolute atomic E-state index is 13.1.